The molecule has 0 unspecified atom stereocenters. The largest absolute Gasteiger partial charge is 0.476 e. The molecule has 0 saturated carbocycles. The molecule has 5 heteroatoms. The summed E-state index contributed by atoms with van der Waals surface area (Å²) in [6.45, 7) is 1.96. The number of aryl methyl sites for hydroxylation is 1. The average molecular weight is 305 g/mol. The first kappa shape index (κ1) is 14.1. The standard InChI is InChI=1S/C16H17ClN2O2/c1-10-9-11(17)7-8-13(10)19-14-6-4-2-3-5-12(14)15(18-19)16(20)21/h7-9H,2-6H2,1H3,(H,20,21). The lowest BCUT2D eigenvalue weighted by atomic mass is 10.1. The van der Waals surface area contributed by atoms with Gasteiger partial charge in [0.05, 0.1) is 5.69 Å². The van der Waals surface area contributed by atoms with Crippen LogP contribution in [0.2, 0.25) is 5.02 Å². The Morgan fingerprint density at radius 1 is 1.29 bits per heavy atom. The van der Waals surface area contributed by atoms with E-state index in [1.54, 1.807) is 4.68 Å². The zero-order valence-corrected chi connectivity index (χ0v) is 12.7. The molecular weight excluding hydrogens is 288 g/mol. The fourth-order valence-corrected chi connectivity index (χ4v) is 3.23. The molecule has 0 saturated heterocycles. The lowest BCUT2D eigenvalue weighted by Gasteiger charge is -2.10. The molecule has 1 aliphatic rings. The maximum atomic E-state index is 11.5. The Balaban J connectivity index is 2.20. The molecule has 4 nitrogen and oxygen atoms in total. The number of halogens is 1. The summed E-state index contributed by atoms with van der Waals surface area (Å²) in [6, 6.07) is 5.60. The van der Waals surface area contributed by atoms with Crippen LogP contribution >= 0.6 is 11.6 Å². The monoisotopic (exact) mass is 304 g/mol. The summed E-state index contributed by atoms with van der Waals surface area (Å²) in [4.78, 5) is 11.5. The van der Waals surface area contributed by atoms with E-state index in [4.69, 9.17) is 11.6 Å². The number of hydrogen-bond acceptors (Lipinski definition) is 2. The van der Waals surface area contributed by atoms with Gasteiger partial charge < -0.3 is 5.11 Å². The van der Waals surface area contributed by atoms with Crippen LogP contribution in [0.15, 0.2) is 18.2 Å². The summed E-state index contributed by atoms with van der Waals surface area (Å²) in [6.07, 6.45) is 4.90. The highest BCUT2D eigenvalue weighted by Crippen LogP contribution is 2.28. The fraction of sp³-hybridized carbons (Fsp3) is 0.375. The van der Waals surface area contributed by atoms with E-state index in [0.717, 1.165) is 54.6 Å². The summed E-state index contributed by atoms with van der Waals surface area (Å²) >= 11 is 6.01. The van der Waals surface area contributed by atoms with Gasteiger partial charge in [-0.25, -0.2) is 9.48 Å². The molecule has 0 fully saturated rings. The number of carbonyl (C=O) groups is 1. The molecule has 0 radical (unpaired) electrons. The fourth-order valence-electron chi connectivity index (χ4n) is 3.00. The SMILES string of the molecule is Cc1cc(Cl)ccc1-n1nc(C(=O)O)c2c1CCCCC2. The van der Waals surface area contributed by atoms with E-state index in [1.165, 1.54) is 0 Å². The Morgan fingerprint density at radius 3 is 2.76 bits per heavy atom. The normalized spacial score (nSPS) is 14.6. The zero-order valence-electron chi connectivity index (χ0n) is 11.9. The minimum absolute atomic E-state index is 0.196. The van der Waals surface area contributed by atoms with Crippen LogP contribution in [0.25, 0.3) is 5.69 Å². The Labute approximate surface area is 128 Å². The number of fused-ring (bicyclic) bond motifs is 1. The Morgan fingerprint density at radius 2 is 2.05 bits per heavy atom. The molecule has 0 bridgehead atoms. The van der Waals surface area contributed by atoms with Crippen molar-refractivity contribution in [2.75, 3.05) is 0 Å². The van der Waals surface area contributed by atoms with Gasteiger partial charge in [0.15, 0.2) is 5.69 Å². The van der Waals surface area contributed by atoms with Gasteiger partial charge in [-0.05, 0) is 56.4 Å². The molecule has 110 valence electrons. The molecule has 0 aliphatic heterocycles. The van der Waals surface area contributed by atoms with Crippen molar-refractivity contribution >= 4 is 17.6 Å². The van der Waals surface area contributed by atoms with Crippen LogP contribution in [0.4, 0.5) is 0 Å². The van der Waals surface area contributed by atoms with Crippen molar-refractivity contribution < 1.29 is 9.90 Å². The molecule has 1 aromatic carbocycles. The second-order valence-electron chi connectivity index (χ2n) is 5.48. The Kier molecular flexibility index (Phi) is 3.72. The van der Waals surface area contributed by atoms with E-state index < -0.39 is 5.97 Å². The van der Waals surface area contributed by atoms with E-state index in [1.807, 2.05) is 25.1 Å². The molecule has 0 atom stereocenters. The van der Waals surface area contributed by atoms with Crippen LogP contribution in [-0.2, 0) is 12.8 Å². The summed E-state index contributed by atoms with van der Waals surface area (Å²) in [5, 5.41) is 14.5. The van der Waals surface area contributed by atoms with Gasteiger partial charge in [-0.3, -0.25) is 0 Å². The smallest absolute Gasteiger partial charge is 0.356 e. The van der Waals surface area contributed by atoms with E-state index in [2.05, 4.69) is 5.10 Å². The molecular formula is C16H17ClN2O2. The summed E-state index contributed by atoms with van der Waals surface area (Å²) < 4.78 is 1.80. The number of carboxylic acid groups (broad SMARTS) is 1. The topological polar surface area (TPSA) is 55.1 Å². The van der Waals surface area contributed by atoms with Crippen LogP contribution in [0.3, 0.4) is 0 Å². The first-order chi connectivity index (χ1) is 10.1. The van der Waals surface area contributed by atoms with Gasteiger partial charge in [0.1, 0.15) is 0 Å². The van der Waals surface area contributed by atoms with Crippen molar-refractivity contribution in [3.05, 3.63) is 45.7 Å². The number of aromatic carboxylic acids is 1. The lowest BCUT2D eigenvalue weighted by Crippen LogP contribution is -2.05. The summed E-state index contributed by atoms with van der Waals surface area (Å²) in [5.74, 6) is -0.946. The Hall–Kier alpha value is -1.81. The summed E-state index contributed by atoms with van der Waals surface area (Å²) in [5.41, 5.74) is 4.03. The van der Waals surface area contributed by atoms with E-state index in [0.29, 0.717) is 5.02 Å². The van der Waals surface area contributed by atoms with Crippen molar-refractivity contribution in [1.29, 1.82) is 0 Å². The predicted octanol–water partition coefficient (Wildman–Crippen LogP) is 3.80. The average Bonchev–Trinajstić information content (AvgIpc) is 2.63. The van der Waals surface area contributed by atoms with Crippen molar-refractivity contribution in [1.82, 2.24) is 9.78 Å². The van der Waals surface area contributed by atoms with E-state index in [-0.39, 0.29) is 5.69 Å². The maximum absolute atomic E-state index is 11.5. The predicted molar refractivity (Wildman–Crippen MR) is 81.5 cm³/mol. The van der Waals surface area contributed by atoms with Gasteiger partial charge in [-0.15, -0.1) is 0 Å². The molecule has 21 heavy (non-hydrogen) atoms. The highest BCUT2D eigenvalue weighted by molar-refractivity contribution is 6.30. The van der Waals surface area contributed by atoms with Gasteiger partial charge >= 0.3 is 5.97 Å². The minimum atomic E-state index is -0.946. The van der Waals surface area contributed by atoms with Crippen LogP contribution < -0.4 is 0 Å². The number of carboxylic acids is 1. The zero-order chi connectivity index (χ0) is 15.0. The van der Waals surface area contributed by atoms with Gasteiger partial charge in [-0.2, -0.15) is 5.10 Å². The van der Waals surface area contributed by atoms with Gasteiger partial charge in [0, 0.05) is 16.3 Å². The number of nitrogens with zero attached hydrogens (tertiary/aromatic N) is 2. The molecule has 1 aromatic heterocycles. The third-order valence-electron chi connectivity index (χ3n) is 4.02. The van der Waals surface area contributed by atoms with E-state index >= 15 is 0 Å². The lowest BCUT2D eigenvalue weighted by molar-refractivity contribution is 0.0688. The highest BCUT2D eigenvalue weighted by atomic mass is 35.5. The van der Waals surface area contributed by atoms with Crippen molar-refractivity contribution in [3.63, 3.8) is 0 Å². The third kappa shape index (κ3) is 2.56. The maximum Gasteiger partial charge on any atom is 0.356 e. The van der Waals surface area contributed by atoms with Crippen LogP contribution in [0, 0.1) is 6.92 Å². The van der Waals surface area contributed by atoms with Crippen molar-refractivity contribution in [3.8, 4) is 5.69 Å². The quantitative estimate of drug-likeness (QED) is 0.859. The number of hydrogen-bond donors (Lipinski definition) is 1. The highest BCUT2D eigenvalue weighted by Gasteiger charge is 2.24. The molecule has 1 aliphatic carbocycles. The second kappa shape index (κ2) is 5.53. The van der Waals surface area contributed by atoms with Gasteiger partial charge in [0.25, 0.3) is 0 Å². The number of rotatable bonds is 2. The van der Waals surface area contributed by atoms with Crippen molar-refractivity contribution in [2.45, 2.75) is 39.0 Å². The molecule has 1 N–H and O–H groups in total. The first-order valence-electron chi connectivity index (χ1n) is 7.18. The first-order valence-corrected chi connectivity index (χ1v) is 7.56. The van der Waals surface area contributed by atoms with Gasteiger partial charge in [0.2, 0.25) is 0 Å². The molecule has 1 heterocycles. The molecule has 0 amide bonds. The second-order valence-corrected chi connectivity index (χ2v) is 5.92. The number of benzene rings is 1. The van der Waals surface area contributed by atoms with Crippen molar-refractivity contribution in [2.24, 2.45) is 0 Å². The van der Waals surface area contributed by atoms with E-state index in [9.17, 15) is 9.90 Å². The summed E-state index contributed by atoms with van der Waals surface area (Å²) in [7, 11) is 0. The Bertz CT molecular complexity index is 707. The van der Waals surface area contributed by atoms with Crippen LogP contribution in [-0.4, -0.2) is 20.9 Å². The molecule has 2 aromatic rings. The number of aromatic nitrogens is 2. The molecule has 0 spiro atoms. The third-order valence-corrected chi connectivity index (χ3v) is 4.25. The minimum Gasteiger partial charge on any atom is -0.476 e. The van der Waals surface area contributed by atoms with Crippen LogP contribution in [0.5, 0.6) is 0 Å². The van der Waals surface area contributed by atoms with Crippen LogP contribution in [0.1, 0.15) is 46.6 Å². The van der Waals surface area contributed by atoms with Gasteiger partial charge in [-0.1, -0.05) is 18.0 Å². The molecule has 3 rings (SSSR count).